The fraction of sp³-hybridized carbons (Fsp3) is 0.458. The average Bonchev–Trinajstić information content (AvgIpc) is 2.66. The summed E-state index contributed by atoms with van der Waals surface area (Å²) in [5.41, 5.74) is 2.32. The zero-order chi connectivity index (χ0) is 21.8. The van der Waals surface area contributed by atoms with Crippen molar-refractivity contribution in [3.63, 3.8) is 0 Å². The van der Waals surface area contributed by atoms with Crippen molar-refractivity contribution < 1.29 is 9.18 Å². The van der Waals surface area contributed by atoms with Gasteiger partial charge < -0.3 is 9.80 Å². The summed E-state index contributed by atoms with van der Waals surface area (Å²) in [4.78, 5) is 16.8. The van der Waals surface area contributed by atoms with Gasteiger partial charge in [-0.15, -0.1) is 0 Å². The van der Waals surface area contributed by atoms with Gasteiger partial charge >= 0.3 is 0 Å². The Morgan fingerprint density at radius 3 is 2.47 bits per heavy atom. The van der Waals surface area contributed by atoms with Crippen LogP contribution in [0.15, 0.2) is 36.4 Å². The molecule has 3 nitrogen and oxygen atoms in total. The van der Waals surface area contributed by atoms with E-state index in [9.17, 15) is 9.18 Å². The number of nitrogens with zero attached hydrogens (tertiary/aromatic N) is 2. The van der Waals surface area contributed by atoms with E-state index in [1.54, 1.807) is 11.0 Å². The second-order valence-corrected chi connectivity index (χ2v) is 9.38. The second-order valence-electron chi connectivity index (χ2n) is 8.56. The third-order valence-electron chi connectivity index (χ3n) is 5.70. The topological polar surface area (TPSA) is 23.6 Å². The standard InChI is InChI=1S/C24H29Cl2FN2O/c1-16-11-18(12-19-8-4-5-9-22(19)27)15-29(24(16)30)23-20(25)13-17(14-21(23)26)7-6-10-28(2)3/h4-5,8-9,13-14,16,18H,6-7,10-12,15H2,1-3H3/t16-,18-/m1/s1. The van der Waals surface area contributed by atoms with E-state index in [-0.39, 0.29) is 23.6 Å². The molecule has 0 saturated carbocycles. The van der Waals surface area contributed by atoms with E-state index in [0.717, 1.165) is 31.4 Å². The maximum Gasteiger partial charge on any atom is 0.229 e. The van der Waals surface area contributed by atoms with Crippen LogP contribution in [0.1, 0.15) is 30.9 Å². The van der Waals surface area contributed by atoms with Gasteiger partial charge in [0.2, 0.25) is 5.91 Å². The lowest BCUT2D eigenvalue weighted by Gasteiger charge is -2.37. The molecule has 0 aromatic heterocycles. The highest BCUT2D eigenvalue weighted by Crippen LogP contribution is 2.39. The molecule has 0 unspecified atom stereocenters. The summed E-state index contributed by atoms with van der Waals surface area (Å²) in [6.45, 7) is 3.38. The molecule has 2 atom stereocenters. The molecule has 1 saturated heterocycles. The molecule has 0 N–H and O–H groups in total. The quantitative estimate of drug-likeness (QED) is 0.527. The molecular weight excluding hydrogens is 422 g/mol. The first-order valence-corrected chi connectivity index (χ1v) is 11.2. The largest absolute Gasteiger partial charge is 0.309 e. The van der Waals surface area contributed by atoms with Gasteiger partial charge in [-0.2, -0.15) is 0 Å². The number of rotatable bonds is 7. The Bertz CT molecular complexity index is 880. The maximum atomic E-state index is 14.1. The average molecular weight is 451 g/mol. The van der Waals surface area contributed by atoms with Crippen molar-refractivity contribution >= 4 is 34.8 Å². The lowest BCUT2D eigenvalue weighted by atomic mass is 9.85. The first kappa shape index (κ1) is 23.1. The minimum atomic E-state index is -0.202. The number of halogens is 3. The molecule has 1 aliphatic rings. The molecule has 1 aliphatic heterocycles. The number of carbonyl (C=O) groups excluding carboxylic acids is 1. The van der Waals surface area contributed by atoms with Gasteiger partial charge in [-0.3, -0.25) is 4.79 Å². The van der Waals surface area contributed by atoms with Crippen LogP contribution in [0.3, 0.4) is 0 Å². The summed E-state index contributed by atoms with van der Waals surface area (Å²) in [6.07, 6.45) is 3.18. The molecular formula is C24H29Cl2FN2O. The summed E-state index contributed by atoms with van der Waals surface area (Å²) in [7, 11) is 4.09. The highest BCUT2D eigenvalue weighted by atomic mass is 35.5. The van der Waals surface area contributed by atoms with Crippen LogP contribution in [0, 0.1) is 17.7 Å². The molecule has 1 amide bonds. The lowest BCUT2D eigenvalue weighted by Crippen LogP contribution is -2.45. The smallest absolute Gasteiger partial charge is 0.229 e. The molecule has 2 aromatic carbocycles. The van der Waals surface area contributed by atoms with Gasteiger partial charge in [0.15, 0.2) is 0 Å². The molecule has 0 radical (unpaired) electrons. The molecule has 1 heterocycles. The fourth-order valence-electron chi connectivity index (χ4n) is 4.23. The fourth-order valence-corrected chi connectivity index (χ4v) is 4.97. The molecule has 162 valence electrons. The van der Waals surface area contributed by atoms with Crippen molar-refractivity contribution in [1.82, 2.24) is 4.90 Å². The normalized spacial score (nSPS) is 19.6. The van der Waals surface area contributed by atoms with E-state index in [1.807, 2.05) is 45.3 Å². The number of piperidine rings is 1. The maximum absolute atomic E-state index is 14.1. The predicted molar refractivity (Wildman–Crippen MR) is 123 cm³/mol. The van der Waals surface area contributed by atoms with Crippen molar-refractivity contribution in [2.24, 2.45) is 11.8 Å². The van der Waals surface area contributed by atoms with Crippen LogP contribution in [-0.2, 0) is 17.6 Å². The van der Waals surface area contributed by atoms with Gasteiger partial charge in [0.25, 0.3) is 0 Å². The Hall–Kier alpha value is -1.62. The number of carbonyl (C=O) groups is 1. The van der Waals surface area contributed by atoms with E-state index < -0.39 is 0 Å². The van der Waals surface area contributed by atoms with Crippen molar-refractivity contribution in [3.05, 3.63) is 63.4 Å². The van der Waals surface area contributed by atoms with Crippen LogP contribution >= 0.6 is 23.2 Å². The molecule has 1 fully saturated rings. The zero-order valence-electron chi connectivity index (χ0n) is 17.8. The van der Waals surface area contributed by atoms with Gasteiger partial charge in [0.05, 0.1) is 15.7 Å². The summed E-state index contributed by atoms with van der Waals surface area (Å²) in [5.74, 6) is -0.209. The predicted octanol–water partition coefficient (Wildman–Crippen LogP) is 5.86. The van der Waals surface area contributed by atoms with E-state index >= 15 is 0 Å². The lowest BCUT2D eigenvalue weighted by molar-refractivity contribution is -0.124. The van der Waals surface area contributed by atoms with Crippen LogP contribution in [0.25, 0.3) is 0 Å². The Morgan fingerprint density at radius 2 is 1.83 bits per heavy atom. The highest BCUT2D eigenvalue weighted by Gasteiger charge is 2.34. The van der Waals surface area contributed by atoms with Gasteiger partial charge in [-0.1, -0.05) is 48.3 Å². The van der Waals surface area contributed by atoms with Crippen molar-refractivity contribution in [3.8, 4) is 0 Å². The Kier molecular flexibility index (Phi) is 7.78. The molecule has 2 aromatic rings. The van der Waals surface area contributed by atoms with Gasteiger partial charge in [-0.25, -0.2) is 4.39 Å². The van der Waals surface area contributed by atoms with E-state index in [2.05, 4.69) is 4.90 Å². The van der Waals surface area contributed by atoms with Crippen LogP contribution in [-0.4, -0.2) is 38.0 Å². The van der Waals surface area contributed by atoms with Gasteiger partial charge in [0, 0.05) is 12.5 Å². The van der Waals surface area contributed by atoms with Crippen LogP contribution in [0.4, 0.5) is 10.1 Å². The van der Waals surface area contributed by atoms with Crippen molar-refractivity contribution in [2.75, 3.05) is 32.1 Å². The van der Waals surface area contributed by atoms with Crippen LogP contribution < -0.4 is 4.90 Å². The Balaban J connectivity index is 1.80. The van der Waals surface area contributed by atoms with Crippen LogP contribution in [0.5, 0.6) is 0 Å². The first-order valence-electron chi connectivity index (χ1n) is 10.4. The van der Waals surface area contributed by atoms with Crippen LogP contribution in [0.2, 0.25) is 10.0 Å². The molecule has 0 aliphatic carbocycles. The Morgan fingerprint density at radius 1 is 1.17 bits per heavy atom. The summed E-state index contributed by atoms with van der Waals surface area (Å²) < 4.78 is 14.1. The number of hydrogen-bond acceptors (Lipinski definition) is 2. The zero-order valence-corrected chi connectivity index (χ0v) is 19.3. The monoisotopic (exact) mass is 450 g/mol. The third kappa shape index (κ3) is 5.54. The first-order chi connectivity index (χ1) is 14.3. The minimum Gasteiger partial charge on any atom is -0.309 e. The summed E-state index contributed by atoms with van der Waals surface area (Å²) in [6, 6.07) is 10.7. The number of amides is 1. The summed E-state index contributed by atoms with van der Waals surface area (Å²) >= 11 is 13.2. The van der Waals surface area contributed by atoms with E-state index in [4.69, 9.17) is 23.2 Å². The SMILES string of the molecule is C[C@@H]1C[C@H](Cc2ccccc2F)CN(c2c(Cl)cc(CCCN(C)C)cc2Cl)C1=O. The molecule has 3 rings (SSSR count). The second kappa shape index (κ2) is 10.1. The number of benzene rings is 2. The van der Waals surface area contributed by atoms with Gasteiger partial charge in [-0.05, 0) is 81.6 Å². The van der Waals surface area contributed by atoms with Gasteiger partial charge in [0.1, 0.15) is 5.82 Å². The number of anilines is 1. The molecule has 0 spiro atoms. The highest BCUT2D eigenvalue weighted by molar-refractivity contribution is 6.40. The molecule has 0 bridgehead atoms. The van der Waals surface area contributed by atoms with E-state index in [0.29, 0.717) is 34.3 Å². The van der Waals surface area contributed by atoms with Crippen molar-refractivity contribution in [1.29, 1.82) is 0 Å². The Labute approximate surface area is 188 Å². The number of hydrogen-bond donors (Lipinski definition) is 0. The third-order valence-corrected chi connectivity index (χ3v) is 6.28. The molecule has 30 heavy (non-hydrogen) atoms. The molecule has 6 heteroatoms. The number of aryl methyl sites for hydroxylation is 1. The van der Waals surface area contributed by atoms with E-state index in [1.165, 1.54) is 6.07 Å². The minimum absolute atomic E-state index is 0.0175. The summed E-state index contributed by atoms with van der Waals surface area (Å²) in [5, 5.41) is 0.990. The van der Waals surface area contributed by atoms with Crippen molar-refractivity contribution in [2.45, 2.75) is 32.6 Å².